The Morgan fingerprint density at radius 1 is 1.27 bits per heavy atom. The van der Waals surface area contributed by atoms with Gasteiger partial charge in [0.2, 0.25) is 0 Å². The average Bonchev–Trinajstić information content (AvgIpc) is 2.99. The van der Waals surface area contributed by atoms with Crippen molar-refractivity contribution in [2.45, 2.75) is 45.1 Å². The molecule has 1 aromatic carbocycles. The molecule has 1 fully saturated rings. The van der Waals surface area contributed by atoms with Gasteiger partial charge < -0.3 is 10.2 Å². The Morgan fingerprint density at radius 3 is 2.59 bits per heavy atom. The number of alkyl halides is 3. The molecular weight excluding hydrogens is 293 g/mol. The monoisotopic (exact) mass is 312 g/mol. The molecule has 0 aliphatic carbocycles. The largest absolute Gasteiger partial charge is 0.394 e. The van der Waals surface area contributed by atoms with Crippen molar-refractivity contribution in [1.82, 2.24) is 10.2 Å². The highest BCUT2D eigenvalue weighted by atomic mass is 19.4. The van der Waals surface area contributed by atoms with Crippen molar-refractivity contribution < 1.29 is 18.0 Å². The van der Waals surface area contributed by atoms with E-state index in [1.807, 2.05) is 6.07 Å². The maximum absolute atomic E-state index is 13.1. The third-order valence-electron chi connectivity index (χ3n) is 4.91. The van der Waals surface area contributed by atoms with E-state index in [0.717, 1.165) is 17.7 Å². The van der Waals surface area contributed by atoms with Gasteiger partial charge >= 0.3 is 6.18 Å². The molecule has 3 rings (SSSR count). The van der Waals surface area contributed by atoms with Crippen molar-refractivity contribution in [3.05, 3.63) is 34.9 Å². The van der Waals surface area contributed by atoms with Gasteiger partial charge in [-0.3, -0.25) is 4.79 Å². The topological polar surface area (TPSA) is 32.3 Å². The van der Waals surface area contributed by atoms with Gasteiger partial charge in [-0.1, -0.05) is 6.07 Å². The molecule has 0 radical (unpaired) electrons. The molecule has 120 valence electrons. The van der Waals surface area contributed by atoms with Crippen LogP contribution in [-0.4, -0.2) is 29.1 Å². The van der Waals surface area contributed by atoms with Gasteiger partial charge in [0, 0.05) is 30.7 Å². The molecular formula is C16H19F3N2O. The molecule has 6 heteroatoms. The van der Waals surface area contributed by atoms with Gasteiger partial charge in [-0.05, 0) is 43.5 Å². The lowest BCUT2D eigenvalue weighted by Gasteiger charge is -2.36. The first-order valence-corrected chi connectivity index (χ1v) is 7.42. The molecule has 0 spiro atoms. The van der Waals surface area contributed by atoms with Crippen LogP contribution in [0.5, 0.6) is 0 Å². The van der Waals surface area contributed by atoms with Gasteiger partial charge in [0.25, 0.3) is 5.91 Å². The van der Waals surface area contributed by atoms with E-state index in [9.17, 15) is 18.0 Å². The van der Waals surface area contributed by atoms with Gasteiger partial charge in [-0.25, -0.2) is 0 Å². The molecule has 1 saturated heterocycles. The molecule has 2 aliphatic heterocycles. The van der Waals surface area contributed by atoms with Crippen molar-refractivity contribution in [2.75, 3.05) is 6.54 Å². The molecule has 1 atom stereocenters. The normalized spacial score (nSPS) is 23.7. The maximum atomic E-state index is 13.1. The van der Waals surface area contributed by atoms with Crippen LogP contribution in [0, 0.1) is 5.92 Å². The standard InChI is InChI=1S/C16H19F3N2O/c1-15(2)13(16(17,18)19)5-6-21(15)14(22)10-3-4-11-8-20-9-12(11)7-10/h3-4,7,13,20H,5-6,8-9H2,1-2H3. The molecule has 22 heavy (non-hydrogen) atoms. The first-order chi connectivity index (χ1) is 10.2. The van der Waals surface area contributed by atoms with Crippen LogP contribution in [0.4, 0.5) is 13.2 Å². The summed E-state index contributed by atoms with van der Waals surface area (Å²) in [5.74, 6) is -1.79. The zero-order chi connectivity index (χ0) is 16.1. The van der Waals surface area contributed by atoms with Gasteiger partial charge in [0.05, 0.1) is 5.92 Å². The molecule has 1 aromatic rings. The van der Waals surface area contributed by atoms with Crippen molar-refractivity contribution in [3.63, 3.8) is 0 Å². The SMILES string of the molecule is CC1(C)C(C(F)(F)F)CCN1C(=O)c1ccc2c(c1)CNC2. The number of benzene rings is 1. The van der Waals surface area contributed by atoms with E-state index in [1.165, 1.54) is 18.7 Å². The minimum Gasteiger partial charge on any atom is -0.333 e. The Morgan fingerprint density at radius 2 is 1.95 bits per heavy atom. The van der Waals surface area contributed by atoms with Crippen molar-refractivity contribution in [2.24, 2.45) is 5.92 Å². The quantitative estimate of drug-likeness (QED) is 0.864. The van der Waals surface area contributed by atoms with Crippen molar-refractivity contribution in [1.29, 1.82) is 0 Å². The summed E-state index contributed by atoms with van der Waals surface area (Å²) >= 11 is 0. The zero-order valence-electron chi connectivity index (χ0n) is 12.6. The molecule has 1 unspecified atom stereocenters. The first-order valence-electron chi connectivity index (χ1n) is 7.42. The van der Waals surface area contributed by atoms with Crippen LogP contribution in [0.15, 0.2) is 18.2 Å². The fourth-order valence-corrected chi connectivity index (χ4v) is 3.60. The lowest BCUT2D eigenvalue weighted by atomic mass is 9.87. The third kappa shape index (κ3) is 2.39. The second kappa shape index (κ2) is 4.98. The number of fused-ring (bicyclic) bond motifs is 1. The predicted molar refractivity (Wildman–Crippen MR) is 76.3 cm³/mol. The summed E-state index contributed by atoms with van der Waals surface area (Å²) in [6.45, 7) is 4.63. The molecule has 0 aromatic heterocycles. The molecule has 2 aliphatic rings. The van der Waals surface area contributed by atoms with Crippen molar-refractivity contribution in [3.8, 4) is 0 Å². The summed E-state index contributed by atoms with van der Waals surface area (Å²) in [6, 6.07) is 5.40. The number of rotatable bonds is 1. The summed E-state index contributed by atoms with van der Waals surface area (Å²) in [7, 11) is 0. The van der Waals surface area contributed by atoms with Gasteiger partial charge in [0.1, 0.15) is 0 Å². The number of halogens is 3. The minimum atomic E-state index is -4.28. The molecule has 0 saturated carbocycles. The summed E-state index contributed by atoms with van der Waals surface area (Å²) in [6.07, 6.45) is -4.31. The summed E-state index contributed by atoms with van der Waals surface area (Å²) in [5, 5.41) is 3.19. The second-order valence-corrected chi connectivity index (χ2v) is 6.58. The number of carbonyl (C=O) groups is 1. The van der Waals surface area contributed by atoms with E-state index in [0.29, 0.717) is 12.1 Å². The molecule has 2 heterocycles. The number of nitrogens with one attached hydrogen (secondary N) is 1. The second-order valence-electron chi connectivity index (χ2n) is 6.58. The summed E-state index contributed by atoms with van der Waals surface area (Å²) < 4.78 is 39.4. The van der Waals surface area contributed by atoms with Crippen LogP contribution in [0.25, 0.3) is 0 Å². The number of likely N-dealkylation sites (tertiary alicyclic amines) is 1. The smallest absolute Gasteiger partial charge is 0.333 e. The summed E-state index contributed by atoms with van der Waals surface area (Å²) in [4.78, 5) is 14.0. The van der Waals surface area contributed by atoms with Gasteiger partial charge in [0.15, 0.2) is 0 Å². The van der Waals surface area contributed by atoms with Crippen LogP contribution in [0.1, 0.15) is 41.8 Å². The van der Waals surface area contributed by atoms with Gasteiger partial charge in [-0.15, -0.1) is 0 Å². The fourth-order valence-electron chi connectivity index (χ4n) is 3.60. The predicted octanol–water partition coefficient (Wildman–Crippen LogP) is 3.09. The van der Waals surface area contributed by atoms with E-state index in [4.69, 9.17) is 0 Å². The number of carbonyl (C=O) groups excluding carboxylic acids is 1. The van der Waals surface area contributed by atoms with Crippen molar-refractivity contribution >= 4 is 5.91 Å². The van der Waals surface area contributed by atoms with E-state index in [2.05, 4.69) is 5.32 Å². The lowest BCUT2D eigenvalue weighted by molar-refractivity contribution is -0.189. The Kier molecular flexibility index (Phi) is 3.47. The van der Waals surface area contributed by atoms with E-state index >= 15 is 0 Å². The maximum Gasteiger partial charge on any atom is 0.394 e. The lowest BCUT2D eigenvalue weighted by Crippen LogP contribution is -2.49. The van der Waals surface area contributed by atoms with Crippen LogP contribution >= 0.6 is 0 Å². The van der Waals surface area contributed by atoms with E-state index < -0.39 is 17.6 Å². The molecule has 3 nitrogen and oxygen atoms in total. The fraction of sp³-hybridized carbons (Fsp3) is 0.562. The first kappa shape index (κ1) is 15.3. The third-order valence-corrected chi connectivity index (χ3v) is 4.91. The number of amides is 1. The highest BCUT2D eigenvalue weighted by molar-refractivity contribution is 5.95. The Hall–Kier alpha value is -1.56. The number of hydrogen-bond acceptors (Lipinski definition) is 2. The highest BCUT2D eigenvalue weighted by Crippen LogP contribution is 2.45. The molecule has 1 N–H and O–H groups in total. The van der Waals surface area contributed by atoms with Crippen LogP contribution in [-0.2, 0) is 13.1 Å². The Balaban J connectivity index is 1.87. The van der Waals surface area contributed by atoms with Gasteiger partial charge in [-0.2, -0.15) is 13.2 Å². The van der Waals surface area contributed by atoms with E-state index in [-0.39, 0.29) is 18.9 Å². The molecule has 1 amide bonds. The number of nitrogens with zero attached hydrogens (tertiary/aromatic N) is 1. The minimum absolute atomic E-state index is 0.0330. The Bertz CT molecular complexity index is 610. The van der Waals surface area contributed by atoms with E-state index in [1.54, 1.807) is 12.1 Å². The molecule has 0 bridgehead atoms. The average molecular weight is 312 g/mol. The van der Waals surface area contributed by atoms with Crippen LogP contribution in [0.2, 0.25) is 0 Å². The van der Waals surface area contributed by atoms with Crippen LogP contribution < -0.4 is 5.32 Å². The Labute approximate surface area is 127 Å². The summed E-state index contributed by atoms with van der Waals surface area (Å²) in [5.41, 5.74) is 1.45. The van der Waals surface area contributed by atoms with Crippen LogP contribution in [0.3, 0.4) is 0 Å². The zero-order valence-corrected chi connectivity index (χ0v) is 12.6. The highest BCUT2D eigenvalue weighted by Gasteiger charge is 2.56. The number of hydrogen-bond donors (Lipinski definition) is 1.